The Labute approximate surface area is 128 Å². The third-order valence-electron chi connectivity index (χ3n) is 1.47. The van der Waals surface area contributed by atoms with Gasteiger partial charge in [0.15, 0.2) is 0 Å². The molecule has 78 valence electrons. The Morgan fingerprint density at radius 1 is 1.20 bits per heavy atom. The second kappa shape index (κ2) is 6.06. The zero-order chi connectivity index (χ0) is 10.8. The molecule has 1 aromatic rings. The average Bonchev–Trinajstić information content (AvgIpc) is 2.15. The molecule has 15 heavy (non-hydrogen) atoms. The molecule has 0 aliphatic rings. The van der Waals surface area contributed by atoms with Crippen LogP contribution < -0.4 is 0 Å². The van der Waals surface area contributed by atoms with Crippen molar-refractivity contribution < 1.29 is 27.9 Å². The monoisotopic (exact) mass is 258 g/mol. The maximum absolute atomic E-state index is 10.7. The Bertz CT molecular complexity index is 437. The van der Waals surface area contributed by atoms with E-state index >= 15 is 0 Å². The van der Waals surface area contributed by atoms with Gasteiger partial charge in [-0.1, -0.05) is 0 Å². The van der Waals surface area contributed by atoms with E-state index in [2.05, 4.69) is 4.89 Å². The summed E-state index contributed by atoms with van der Waals surface area (Å²) in [6.07, 6.45) is 0. The number of carbonyl (C=O) groups is 1. The van der Waals surface area contributed by atoms with Gasteiger partial charge in [0.25, 0.3) is 10.1 Å². The Hall–Kier alpha value is 0.196. The van der Waals surface area contributed by atoms with Crippen LogP contribution in [0.5, 0.6) is 0 Å². The van der Waals surface area contributed by atoms with E-state index in [0.717, 1.165) is 24.3 Å². The fourth-order valence-electron chi connectivity index (χ4n) is 0.816. The van der Waals surface area contributed by atoms with Crippen LogP contribution in [0, 0.1) is 0 Å². The van der Waals surface area contributed by atoms with E-state index in [0.29, 0.717) is 0 Å². The summed E-state index contributed by atoms with van der Waals surface area (Å²) in [7, 11) is -4.27. The van der Waals surface area contributed by atoms with Gasteiger partial charge in [0.05, 0.1) is 10.5 Å². The van der Waals surface area contributed by atoms with Crippen LogP contribution >= 0.6 is 0 Å². The standard InChI is InChI=1S/C7H6O6S.K.H/c8-7(13-9)5-1-3-6(4-2-5)14(10,11)12;;/h1-4,9H,(H,10,11,12);;. The zero-order valence-electron chi connectivity index (χ0n) is 6.75. The number of carbonyl (C=O) groups excluding carboxylic acids is 1. The first-order valence-corrected chi connectivity index (χ1v) is 4.82. The molecule has 0 heterocycles. The molecule has 2 N–H and O–H groups in total. The summed E-state index contributed by atoms with van der Waals surface area (Å²) in [6.45, 7) is 0. The minimum atomic E-state index is -4.27. The van der Waals surface area contributed by atoms with Gasteiger partial charge >= 0.3 is 57.4 Å². The molecular formula is C7H7KO6S. The van der Waals surface area contributed by atoms with Crippen molar-refractivity contribution in [2.24, 2.45) is 0 Å². The van der Waals surface area contributed by atoms with Crippen LogP contribution in [0.1, 0.15) is 10.4 Å². The third-order valence-corrected chi connectivity index (χ3v) is 2.34. The van der Waals surface area contributed by atoms with Gasteiger partial charge < -0.3 is 0 Å². The van der Waals surface area contributed by atoms with Gasteiger partial charge in [0.2, 0.25) is 0 Å². The van der Waals surface area contributed by atoms with Crippen LogP contribution in [-0.4, -0.2) is 75.6 Å². The third kappa shape index (κ3) is 4.29. The predicted octanol–water partition coefficient (Wildman–Crippen LogP) is -0.0854. The molecule has 0 atom stereocenters. The SMILES string of the molecule is O=C(OO)c1ccc(S(=O)(=O)O)cc1.[KH]. The molecule has 0 radical (unpaired) electrons. The molecular weight excluding hydrogens is 251 g/mol. The average molecular weight is 258 g/mol. The fourth-order valence-corrected chi connectivity index (χ4v) is 1.30. The van der Waals surface area contributed by atoms with Crippen LogP contribution in [0.4, 0.5) is 0 Å². The molecule has 1 rings (SSSR count). The van der Waals surface area contributed by atoms with Gasteiger partial charge in [-0.25, -0.2) is 4.79 Å². The molecule has 0 saturated carbocycles. The molecule has 0 aromatic heterocycles. The molecule has 1 aromatic carbocycles. The maximum atomic E-state index is 10.7. The van der Waals surface area contributed by atoms with Crippen molar-refractivity contribution in [1.82, 2.24) is 0 Å². The van der Waals surface area contributed by atoms with Gasteiger partial charge in [0.1, 0.15) is 0 Å². The van der Waals surface area contributed by atoms with Crippen molar-refractivity contribution in [2.45, 2.75) is 4.90 Å². The van der Waals surface area contributed by atoms with E-state index in [1.165, 1.54) is 0 Å². The van der Waals surface area contributed by atoms with Gasteiger partial charge in [-0.05, 0) is 24.3 Å². The molecule has 0 fully saturated rings. The predicted molar refractivity (Wildman–Crippen MR) is 51.4 cm³/mol. The fraction of sp³-hybridized carbons (Fsp3) is 0. The topological polar surface area (TPSA) is 101 Å². The van der Waals surface area contributed by atoms with Crippen LogP contribution in [0.25, 0.3) is 0 Å². The van der Waals surface area contributed by atoms with E-state index in [9.17, 15) is 13.2 Å². The second-order valence-corrected chi connectivity index (χ2v) is 3.80. The summed E-state index contributed by atoms with van der Waals surface area (Å²) >= 11 is 0. The Balaban J connectivity index is 0.00000196. The first kappa shape index (κ1) is 15.2. The first-order chi connectivity index (χ1) is 6.45. The minimum absolute atomic E-state index is 0. The molecule has 6 nitrogen and oxygen atoms in total. The molecule has 0 aliphatic heterocycles. The van der Waals surface area contributed by atoms with E-state index in [1.807, 2.05) is 0 Å². The van der Waals surface area contributed by atoms with Crippen molar-refractivity contribution in [2.75, 3.05) is 0 Å². The first-order valence-electron chi connectivity index (χ1n) is 3.38. The Morgan fingerprint density at radius 2 is 1.67 bits per heavy atom. The molecule has 0 spiro atoms. The molecule has 0 unspecified atom stereocenters. The van der Waals surface area contributed by atoms with Crippen molar-refractivity contribution in [3.63, 3.8) is 0 Å². The number of benzene rings is 1. The molecule has 0 saturated heterocycles. The summed E-state index contributed by atoms with van der Waals surface area (Å²) in [5.41, 5.74) is -0.0279. The number of hydrogen-bond donors (Lipinski definition) is 2. The molecule has 0 amide bonds. The van der Waals surface area contributed by atoms with Crippen LogP contribution in [0.2, 0.25) is 0 Å². The van der Waals surface area contributed by atoms with Crippen LogP contribution in [0.15, 0.2) is 29.2 Å². The summed E-state index contributed by atoms with van der Waals surface area (Å²) in [5.74, 6) is -1.01. The summed E-state index contributed by atoms with van der Waals surface area (Å²) in [6, 6.07) is 4.23. The van der Waals surface area contributed by atoms with Crippen molar-refractivity contribution in [1.29, 1.82) is 0 Å². The Kier molecular flexibility index (Phi) is 6.14. The van der Waals surface area contributed by atoms with E-state index in [-0.39, 0.29) is 61.8 Å². The normalized spacial score (nSPS) is 10.3. The molecule has 8 heteroatoms. The second-order valence-electron chi connectivity index (χ2n) is 2.38. The van der Waals surface area contributed by atoms with Crippen LogP contribution in [0.3, 0.4) is 0 Å². The summed E-state index contributed by atoms with van der Waals surface area (Å²) < 4.78 is 29.7. The summed E-state index contributed by atoms with van der Waals surface area (Å²) in [5, 5.41) is 8.00. The van der Waals surface area contributed by atoms with Gasteiger partial charge in [0, 0.05) is 0 Å². The molecule has 0 aliphatic carbocycles. The number of rotatable bonds is 2. The van der Waals surface area contributed by atoms with Gasteiger partial charge in [-0.15, -0.1) is 0 Å². The van der Waals surface area contributed by atoms with E-state index < -0.39 is 16.1 Å². The zero-order valence-corrected chi connectivity index (χ0v) is 7.56. The number of hydrogen-bond acceptors (Lipinski definition) is 5. The quantitative estimate of drug-likeness (QED) is 0.333. The van der Waals surface area contributed by atoms with Gasteiger partial charge in [-0.3, -0.25) is 9.44 Å². The van der Waals surface area contributed by atoms with Crippen LogP contribution in [-0.2, 0) is 15.0 Å². The van der Waals surface area contributed by atoms with E-state index in [1.54, 1.807) is 0 Å². The van der Waals surface area contributed by atoms with Crippen molar-refractivity contribution in [3.05, 3.63) is 29.8 Å². The van der Waals surface area contributed by atoms with E-state index in [4.69, 9.17) is 9.81 Å². The van der Waals surface area contributed by atoms with Gasteiger partial charge in [-0.2, -0.15) is 13.7 Å². The Morgan fingerprint density at radius 3 is 2.00 bits per heavy atom. The summed E-state index contributed by atoms with van der Waals surface area (Å²) in [4.78, 5) is 13.8. The van der Waals surface area contributed by atoms with Crippen molar-refractivity contribution in [3.8, 4) is 0 Å². The van der Waals surface area contributed by atoms with Crippen molar-refractivity contribution >= 4 is 67.5 Å². The molecule has 0 bridgehead atoms.